The highest BCUT2D eigenvalue weighted by Gasteiger charge is 2.18. The van der Waals surface area contributed by atoms with E-state index in [-0.39, 0.29) is 6.79 Å². The van der Waals surface area contributed by atoms with Gasteiger partial charge in [0.05, 0.1) is 18.1 Å². The second-order valence-electron chi connectivity index (χ2n) is 5.50. The van der Waals surface area contributed by atoms with Crippen molar-refractivity contribution >= 4 is 22.4 Å². The lowest BCUT2D eigenvalue weighted by molar-refractivity contribution is -0.0169. The van der Waals surface area contributed by atoms with Crippen LogP contribution in [-0.4, -0.2) is 21.9 Å². The molecule has 2 heterocycles. The van der Waals surface area contributed by atoms with Crippen LogP contribution in [0.3, 0.4) is 0 Å². The molecule has 1 aromatic heterocycles. The topological polar surface area (TPSA) is 61.6 Å². The van der Waals surface area contributed by atoms with E-state index in [4.69, 9.17) is 25.6 Å². The summed E-state index contributed by atoms with van der Waals surface area (Å²) in [6, 6.07) is 3.64. The Balaban J connectivity index is 1.70. The van der Waals surface area contributed by atoms with Crippen molar-refractivity contribution in [1.82, 2.24) is 5.16 Å². The number of fused-ring (bicyclic) bond motifs is 1. The van der Waals surface area contributed by atoms with Crippen molar-refractivity contribution in [3.63, 3.8) is 0 Å². The molecule has 0 amide bonds. The molecule has 0 fully saturated rings. The quantitative estimate of drug-likeness (QED) is 0.823. The number of halogens is 1. The van der Waals surface area contributed by atoms with Gasteiger partial charge in [0.2, 0.25) is 0 Å². The summed E-state index contributed by atoms with van der Waals surface area (Å²) in [5, 5.41) is 4.53. The van der Waals surface area contributed by atoms with Crippen LogP contribution in [0.4, 0.5) is 0 Å². The molecule has 23 heavy (non-hydrogen) atoms. The molecule has 0 bridgehead atoms. The number of ether oxygens (including phenoxy) is 2. The first-order chi connectivity index (χ1) is 11.0. The zero-order chi connectivity index (χ0) is 16.4. The van der Waals surface area contributed by atoms with Crippen molar-refractivity contribution in [2.24, 2.45) is 0 Å². The number of aromatic nitrogens is 1. The molecule has 124 valence electrons. The number of benzene rings is 1. The Hall–Kier alpha value is -1.37. The van der Waals surface area contributed by atoms with Crippen LogP contribution in [-0.2, 0) is 34.3 Å². The molecule has 0 saturated heterocycles. The van der Waals surface area contributed by atoms with Crippen molar-refractivity contribution in [3.8, 4) is 5.75 Å². The first-order valence-corrected chi connectivity index (χ1v) is 9.19. The minimum atomic E-state index is -1.03. The zero-order valence-electron chi connectivity index (χ0n) is 13.1. The number of rotatable bonds is 5. The molecule has 3 rings (SSSR count). The summed E-state index contributed by atoms with van der Waals surface area (Å²) < 4.78 is 28.4. The highest BCUT2D eigenvalue weighted by atomic mass is 35.5. The van der Waals surface area contributed by atoms with E-state index in [1.165, 1.54) is 0 Å². The fourth-order valence-corrected chi connectivity index (χ4v) is 4.09. The van der Waals surface area contributed by atoms with Crippen molar-refractivity contribution < 1.29 is 18.2 Å². The molecule has 1 atom stereocenters. The predicted molar refractivity (Wildman–Crippen MR) is 88.1 cm³/mol. The summed E-state index contributed by atoms with van der Waals surface area (Å²) in [5.41, 5.74) is 3.67. The lowest BCUT2D eigenvalue weighted by Gasteiger charge is -2.21. The van der Waals surface area contributed by atoms with E-state index in [2.05, 4.69) is 5.16 Å². The molecule has 1 aliphatic heterocycles. The van der Waals surface area contributed by atoms with Gasteiger partial charge in [-0.25, -0.2) is 0 Å². The fraction of sp³-hybridized carbons (Fsp3) is 0.438. The highest BCUT2D eigenvalue weighted by Crippen LogP contribution is 2.32. The van der Waals surface area contributed by atoms with Crippen LogP contribution in [0.2, 0.25) is 5.02 Å². The molecule has 1 aromatic carbocycles. The molecule has 7 heteroatoms. The Morgan fingerprint density at radius 1 is 1.35 bits per heavy atom. The smallest absolute Gasteiger partial charge is 0.189 e. The maximum absolute atomic E-state index is 12.5. The van der Waals surface area contributed by atoms with Crippen molar-refractivity contribution in [2.45, 2.75) is 32.6 Å². The maximum Gasteiger partial charge on any atom is 0.189 e. The van der Waals surface area contributed by atoms with Crippen molar-refractivity contribution in [1.29, 1.82) is 0 Å². The van der Waals surface area contributed by atoms with Gasteiger partial charge in [0, 0.05) is 38.3 Å². The first kappa shape index (κ1) is 16.5. The van der Waals surface area contributed by atoms with Crippen LogP contribution >= 0.6 is 11.6 Å². The standard InChI is InChI=1S/C16H18ClNO4S/c1-10-15(11(2)22-18-10)3-4-23(19)8-13-6-14(17)5-12-7-20-9-21-16(12)13/h5-6H,3-4,7-9H2,1-2H3/t23-/m1/s1. The fourth-order valence-electron chi connectivity index (χ4n) is 2.68. The van der Waals surface area contributed by atoms with E-state index >= 15 is 0 Å². The normalized spacial score (nSPS) is 15.1. The molecular weight excluding hydrogens is 338 g/mol. The third-order valence-electron chi connectivity index (χ3n) is 3.83. The molecule has 5 nitrogen and oxygen atoms in total. The van der Waals surface area contributed by atoms with Crippen molar-refractivity contribution in [3.05, 3.63) is 45.3 Å². The Bertz CT molecular complexity index is 724. The molecule has 0 aliphatic carbocycles. The number of nitrogens with zero attached hydrogens (tertiary/aromatic N) is 1. The van der Waals surface area contributed by atoms with Gasteiger partial charge in [0.25, 0.3) is 0 Å². The SMILES string of the molecule is Cc1noc(C)c1CC[S@@](=O)Cc1cc(Cl)cc2c1OCOC2. The summed E-state index contributed by atoms with van der Waals surface area (Å²) in [6.45, 7) is 4.46. The largest absolute Gasteiger partial charge is 0.467 e. The summed E-state index contributed by atoms with van der Waals surface area (Å²) >= 11 is 6.13. The monoisotopic (exact) mass is 355 g/mol. The van der Waals surface area contributed by atoms with Crippen molar-refractivity contribution in [2.75, 3.05) is 12.5 Å². The first-order valence-electron chi connectivity index (χ1n) is 7.33. The van der Waals surface area contributed by atoms with Gasteiger partial charge in [0.15, 0.2) is 6.79 Å². The lowest BCUT2D eigenvalue weighted by Crippen LogP contribution is -2.14. The Kier molecular flexibility index (Phi) is 5.04. The second-order valence-corrected chi connectivity index (χ2v) is 7.52. The van der Waals surface area contributed by atoms with Gasteiger partial charge in [-0.3, -0.25) is 4.21 Å². The van der Waals surface area contributed by atoms with Gasteiger partial charge in [0.1, 0.15) is 11.5 Å². The summed E-state index contributed by atoms with van der Waals surface area (Å²) in [4.78, 5) is 0. The summed E-state index contributed by atoms with van der Waals surface area (Å²) in [5.74, 6) is 2.50. The molecule has 1 aliphatic rings. The lowest BCUT2D eigenvalue weighted by atomic mass is 10.1. The molecule has 0 spiro atoms. The van der Waals surface area contributed by atoms with Crippen LogP contribution in [0.1, 0.15) is 28.1 Å². The summed E-state index contributed by atoms with van der Waals surface area (Å²) in [6.07, 6.45) is 0.681. The van der Waals surface area contributed by atoms with E-state index in [1.54, 1.807) is 0 Å². The van der Waals surface area contributed by atoms with Gasteiger partial charge in [-0.1, -0.05) is 16.8 Å². The maximum atomic E-state index is 12.5. The van der Waals surface area contributed by atoms with E-state index in [0.29, 0.717) is 29.6 Å². The molecule has 0 N–H and O–H groups in total. The molecule has 0 saturated carbocycles. The van der Waals surface area contributed by atoms with Gasteiger partial charge < -0.3 is 14.0 Å². The molecular formula is C16H18ClNO4S. The Morgan fingerprint density at radius 3 is 2.91 bits per heavy atom. The Labute approximate surface area is 142 Å². The van der Waals surface area contributed by atoms with Crippen LogP contribution < -0.4 is 4.74 Å². The van der Waals surface area contributed by atoms with Gasteiger partial charge in [-0.15, -0.1) is 0 Å². The van der Waals surface area contributed by atoms with Gasteiger partial charge in [-0.2, -0.15) is 0 Å². The van der Waals surface area contributed by atoms with E-state index in [9.17, 15) is 4.21 Å². The number of hydrogen-bond donors (Lipinski definition) is 0. The number of hydrogen-bond acceptors (Lipinski definition) is 5. The minimum Gasteiger partial charge on any atom is -0.467 e. The Morgan fingerprint density at radius 2 is 2.17 bits per heavy atom. The third-order valence-corrected chi connectivity index (χ3v) is 5.34. The minimum absolute atomic E-state index is 0.216. The average molecular weight is 356 g/mol. The predicted octanol–water partition coefficient (Wildman–Crippen LogP) is 3.30. The van der Waals surface area contributed by atoms with E-state index < -0.39 is 10.8 Å². The molecule has 2 aromatic rings. The third kappa shape index (κ3) is 3.76. The average Bonchev–Trinajstić information content (AvgIpc) is 2.84. The van der Waals surface area contributed by atoms with Gasteiger partial charge >= 0.3 is 0 Å². The molecule has 0 radical (unpaired) electrons. The van der Waals surface area contributed by atoms with Crippen LogP contribution in [0.25, 0.3) is 0 Å². The number of aryl methyl sites for hydroxylation is 2. The van der Waals surface area contributed by atoms with Gasteiger partial charge in [-0.05, 0) is 32.4 Å². The zero-order valence-corrected chi connectivity index (χ0v) is 14.6. The van der Waals surface area contributed by atoms with Crippen LogP contribution in [0, 0.1) is 13.8 Å². The molecule has 0 unspecified atom stereocenters. The van der Waals surface area contributed by atoms with E-state index in [0.717, 1.165) is 33.9 Å². The van der Waals surface area contributed by atoms with Crippen LogP contribution in [0.5, 0.6) is 5.75 Å². The highest BCUT2D eigenvalue weighted by molar-refractivity contribution is 7.84. The second kappa shape index (κ2) is 7.03. The summed E-state index contributed by atoms with van der Waals surface area (Å²) in [7, 11) is -1.03. The van der Waals surface area contributed by atoms with E-state index in [1.807, 2.05) is 26.0 Å². The van der Waals surface area contributed by atoms with Crippen LogP contribution in [0.15, 0.2) is 16.7 Å².